The van der Waals surface area contributed by atoms with E-state index in [4.69, 9.17) is 9.73 Å². The lowest BCUT2D eigenvalue weighted by Crippen LogP contribution is -2.40. The normalized spacial score (nSPS) is 18.9. The van der Waals surface area contributed by atoms with Crippen molar-refractivity contribution in [1.29, 1.82) is 0 Å². The zero-order chi connectivity index (χ0) is 21.5. The molecule has 1 saturated heterocycles. The number of anilines is 2. The zero-order valence-corrected chi connectivity index (χ0v) is 18.1. The van der Waals surface area contributed by atoms with E-state index >= 15 is 0 Å². The van der Waals surface area contributed by atoms with Crippen molar-refractivity contribution in [1.82, 2.24) is 10.6 Å². The number of fused-ring (bicyclic) bond motifs is 1. The maximum atomic E-state index is 12.1. The minimum atomic E-state index is 0.0619. The second-order valence-corrected chi connectivity index (χ2v) is 7.84. The van der Waals surface area contributed by atoms with Gasteiger partial charge in [-0.1, -0.05) is 36.4 Å². The van der Waals surface area contributed by atoms with Crippen LogP contribution in [0.25, 0.3) is 0 Å². The minimum absolute atomic E-state index is 0.0619. The number of ether oxygens (including phenoxy) is 1. The Kier molecular flexibility index (Phi) is 7.04. The lowest BCUT2D eigenvalue weighted by atomic mass is 9.90. The number of aliphatic imine (C=N–C) groups is 1. The van der Waals surface area contributed by atoms with Crippen LogP contribution in [0.1, 0.15) is 30.4 Å². The fourth-order valence-electron chi connectivity index (χ4n) is 4.17. The smallest absolute Gasteiger partial charge is 0.225 e. The maximum absolute atomic E-state index is 12.1. The molecule has 2 aliphatic rings. The van der Waals surface area contributed by atoms with Gasteiger partial charge >= 0.3 is 0 Å². The molecule has 0 radical (unpaired) electrons. The summed E-state index contributed by atoms with van der Waals surface area (Å²) in [5.41, 5.74) is 4.50. The first kappa shape index (κ1) is 21.2. The van der Waals surface area contributed by atoms with Crippen molar-refractivity contribution in [3.63, 3.8) is 0 Å². The molecule has 31 heavy (non-hydrogen) atoms. The lowest BCUT2D eigenvalue weighted by molar-refractivity contribution is -0.116. The maximum Gasteiger partial charge on any atom is 0.225 e. The van der Waals surface area contributed by atoms with E-state index in [1.54, 1.807) is 0 Å². The molecule has 7 nitrogen and oxygen atoms in total. The van der Waals surface area contributed by atoms with E-state index in [2.05, 4.69) is 58.1 Å². The summed E-state index contributed by atoms with van der Waals surface area (Å²) in [4.78, 5) is 19.3. The van der Waals surface area contributed by atoms with E-state index < -0.39 is 0 Å². The number of guanidine groups is 1. The summed E-state index contributed by atoms with van der Waals surface area (Å²) in [5.74, 6) is 0.948. The van der Waals surface area contributed by atoms with Crippen LogP contribution in [0.15, 0.2) is 53.5 Å². The number of rotatable bonds is 6. The highest BCUT2D eigenvalue weighted by atomic mass is 16.5. The van der Waals surface area contributed by atoms with Gasteiger partial charge in [0, 0.05) is 49.9 Å². The third-order valence-corrected chi connectivity index (χ3v) is 5.72. The van der Waals surface area contributed by atoms with E-state index in [-0.39, 0.29) is 11.8 Å². The molecule has 0 aliphatic carbocycles. The van der Waals surface area contributed by atoms with Gasteiger partial charge in [0.15, 0.2) is 5.96 Å². The third-order valence-electron chi connectivity index (χ3n) is 5.72. The number of nitrogens with one attached hydrogen (secondary N) is 3. The van der Waals surface area contributed by atoms with Gasteiger partial charge in [-0.2, -0.15) is 0 Å². The standard InChI is InChI=1S/C24H31N5O2/c1-2-25-24(27-17-19-15-23(30)28-21-9-5-4-8-20(19)21)26-16-18-7-3-6-10-22(18)29-11-13-31-14-12-29/h3-10,19H,2,11-17H2,1H3,(H,28,30)(H2,25,26,27). The number of benzene rings is 2. The molecule has 4 rings (SSSR count). The number of para-hydroxylation sites is 2. The minimum Gasteiger partial charge on any atom is -0.378 e. The number of hydrogen-bond acceptors (Lipinski definition) is 4. The number of carbonyl (C=O) groups excluding carboxylic acids is 1. The summed E-state index contributed by atoms with van der Waals surface area (Å²) >= 11 is 0. The predicted octanol–water partition coefficient (Wildman–Crippen LogP) is 2.70. The van der Waals surface area contributed by atoms with Gasteiger partial charge < -0.3 is 25.6 Å². The Bertz CT molecular complexity index is 924. The van der Waals surface area contributed by atoms with Crippen molar-refractivity contribution in [2.24, 2.45) is 4.99 Å². The van der Waals surface area contributed by atoms with Crippen LogP contribution < -0.4 is 20.9 Å². The molecule has 0 spiro atoms. The van der Waals surface area contributed by atoms with Crippen LogP contribution in [0, 0.1) is 0 Å². The molecule has 1 unspecified atom stereocenters. The third kappa shape index (κ3) is 5.35. The van der Waals surface area contributed by atoms with Crippen LogP contribution in [0.4, 0.5) is 11.4 Å². The lowest BCUT2D eigenvalue weighted by Gasteiger charge is -2.30. The Balaban J connectivity index is 1.45. The molecule has 2 aromatic rings. The van der Waals surface area contributed by atoms with Crippen LogP contribution in [-0.4, -0.2) is 51.3 Å². The molecular formula is C24H31N5O2. The summed E-state index contributed by atoms with van der Waals surface area (Å²) in [7, 11) is 0. The van der Waals surface area contributed by atoms with Crippen LogP contribution in [-0.2, 0) is 16.1 Å². The van der Waals surface area contributed by atoms with Gasteiger partial charge in [0.1, 0.15) is 0 Å². The van der Waals surface area contributed by atoms with E-state index in [9.17, 15) is 4.79 Å². The molecular weight excluding hydrogens is 390 g/mol. The van der Waals surface area contributed by atoms with Gasteiger partial charge in [0.25, 0.3) is 0 Å². The Labute approximate surface area is 183 Å². The van der Waals surface area contributed by atoms with E-state index in [1.807, 2.05) is 18.2 Å². The molecule has 0 bridgehead atoms. The predicted molar refractivity (Wildman–Crippen MR) is 125 cm³/mol. The van der Waals surface area contributed by atoms with Crippen LogP contribution in [0.3, 0.4) is 0 Å². The molecule has 164 valence electrons. The SMILES string of the molecule is CCNC(=NCc1ccccc1N1CCOCC1)NCC1CC(=O)Nc2ccccc21. The topological polar surface area (TPSA) is 78.0 Å². The molecule has 2 aliphatic heterocycles. The molecule has 0 aromatic heterocycles. The van der Waals surface area contributed by atoms with Crippen molar-refractivity contribution in [2.75, 3.05) is 49.6 Å². The highest BCUT2D eigenvalue weighted by Crippen LogP contribution is 2.31. The highest BCUT2D eigenvalue weighted by molar-refractivity contribution is 5.94. The zero-order valence-electron chi connectivity index (χ0n) is 18.1. The molecule has 0 saturated carbocycles. The van der Waals surface area contributed by atoms with Gasteiger partial charge in [-0.05, 0) is 30.2 Å². The summed E-state index contributed by atoms with van der Waals surface area (Å²) in [5, 5.41) is 9.74. The van der Waals surface area contributed by atoms with Gasteiger partial charge in [0.2, 0.25) is 5.91 Å². The van der Waals surface area contributed by atoms with Crippen LogP contribution >= 0.6 is 0 Å². The first-order valence-electron chi connectivity index (χ1n) is 11.1. The van der Waals surface area contributed by atoms with Gasteiger partial charge in [-0.25, -0.2) is 4.99 Å². The Morgan fingerprint density at radius 3 is 2.74 bits per heavy atom. The van der Waals surface area contributed by atoms with E-state index in [0.717, 1.165) is 44.5 Å². The summed E-state index contributed by atoms with van der Waals surface area (Å²) in [6.45, 7) is 7.41. The fraction of sp³-hybridized carbons (Fsp3) is 0.417. The summed E-state index contributed by atoms with van der Waals surface area (Å²) in [6.07, 6.45) is 0.475. The van der Waals surface area contributed by atoms with Crippen molar-refractivity contribution < 1.29 is 9.53 Å². The van der Waals surface area contributed by atoms with Crippen LogP contribution in [0.5, 0.6) is 0 Å². The number of carbonyl (C=O) groups is 1. The monoisotopic (exact) mass is 421 g/mol. The fourth-order valence-corrected chi connectivity index (χ4v) is 4.17. The van der Waals surface area contributed by atoms with E-state index in [0.29, 0.717) is 19.5 Å². The highest BCUT2D eigenvalue weighted by Gasteiger charge is 2.24. The van der Waals surface area contributed by atoms with Crippen LogP contribution in [0.2, 0.25) is 0 Å². The average Bonchev–Trinajstić information content (AvgIpc) is 2.81. The molecule has 3 N–H and O–H groups in total. The number of nitrogens with zero attached hydrogens (tertiary/aromatic N) is 2. The molecule has 1 amide bonds. The largest absolute Gasteiger partial charge is 0.378 e. The van der Waals surface area contributed by atoms with Gasteiger partial charge in [-0.3, -0.25) is 4.79 Å². The van der Waals surface area contributed by atoms with Gasteiger partial charge in [0.05, 0.1) is 19.8 Å². The molecule has 2 aromatic carbocycles. The molecule has 1 fully saturated rings. The van der Waals surface area contributed by atoms with Crippen molar-refractivity contribution in [2.45, 2.75) is 25.8 Å². The second-order valence-electron chi connectivity index (χ2n) is 7.84. The Morgan fingerprint density at radius 2 is 1.90 bits per heavy atom. The van der Waals surface area contributed by atoms with Crippen molar-refractivity contribution in [3.8, 4) is 0 Å². The Morgan fingerprint density at radius 1 is 1.13 bits per heavy atom. The molecule has 2 heterocycles. The summed E-state index contributed by atoms with van der Waals surface area (Å²) in [6, 6.07) is 16.5. The first-order chi connectivity index (χ1) is 15.2. The van der Waals surface area contributed by atoms with Crippen molar-refractivity contribution >= 4 is 23.2 Å². The number of hydrogen-bond donors (Lipinski definition) is 3. The number of morpholine rings is 1. The molecule has 1 atom stereocenters. The Hall–Kier alpha value is -3.06. The summed E-state index contributed by atoms with van der Waals surface area (Å²) < 4.78 is 5.50. The average molecular weight is 422 g/mol. The second kappa shape index (κ2) is 10.3. The van der Waals surface area contributed by atoms with Crippen molar-refractivity contribution in [3.05, 3.63) is 59.7 Å². The first-order valence-corrected chi connectivity index (χ1v) is 11.1. The van der Waals surface area contributed by atoms with E-state index in [1.165, 1.54) is 16.8 Å². The van der Waals surface area contributed by atoms with Gasteiger partial charge in [-0.15, -0.1) is 0 Å². The molecule has 7 heteroatoms. The quantitative estimate of drug-likeness (QED) is 0.494. The number of amides is 1.